The number of hydrogen-bond donors (Lipinski definition) is 0. The maximum Gasteiger partial charge on any atom is 0.261 e. The van der Waals surface area contributed by atoms with Gasteiger partial charge in [-0.15, -0.1) is 0 Å². The zero-order valence-electron chi connectivity index (χ0n) is 31.5. The second-order valence-corrected chi connectivity index (χ2v) is 26.0. The highest BCUT2D eigenvalue weighted by Gasteiger charge is 2.56. The average molecular weight is 740 g/mol. The lowest BCUT2D eigenvalue weighted by Gasteiger charge is -2.46. The molecule has 3 atom stereocenters. The third-order valence-electron chi connectivity index (χ3n) is 11.1. The predicted molar refractivity (Wildman–Crippen MR) is 225 cm³/mol. The number of nitrogens with zero attached hydrogens (tertiary/aromatic N) is 1. The number of hydrogen-bond acceptors (Lipinski definition) is 4. The molecule has 6 heteroatoms. The third-order valence-corrected chi connectivity index (χ3v) is 22.3. The second kappa shape index (κ2) is 15.1. The highest BCUT2D eigenvalue weighted by atomic mass is 32.2. The molecule has 0 saturated carbocycles. The Morgan fingerprint density at radius 1 is 0.577 bits per heavy atom. The van der Waals surface area contributed by atoms with Crippen LogP contribution >= 0.6 is 11.8 Å². The maximum absolute atomic E-state index is 7.92. The lowest BCUT2D eigenvalue weighted by Crippen LogP contribution is -2.68. The summed E-state index contributed by atoms with van der Waals surface area (Å²) in [6, 6.07) is 55.4. The fraction of sp³-hybridized carbons (Fsp3) is 0.304. The normalized spacial score (nSPS) is 19.7. The highest BCUT2D eigenvalue weighted by Crippen LogP contribution is 2.46. The molecule has 0 radical (unpaired) electrons. The van der Waals surface area contributed by atoms with Gasteiger partial charge in [0.05, 0.1) is 24.8 Å². The van der Waals surface area contributed by atoms with E-state index in [4.69, 9.17) is 8.85 Å². The van der Waals surface area contributed by atoms with Crippen molar-refractivity contribution in [2.75, 3.05) is 13.2 Å². The van der Waals surface area contributed by atoms with Crippen molar-refractivity contribution in [1.82, 2.24) is 4.90 Å². The molecule has 52 heavy (non-hydrogen) atoms. The summed E-state index contributed by atoms with van der Waals surface area (Å²) in [7, 11) is -5.48. The lowest BCUT2D eigenvalue weighted by molar-refractivity contribution is 0.129. The summed E-state index contributed by atoms with van der Waals surface area (Å²) in [5.74, 6) is 0. The average Bonchev–Trinajstić information content (AvgIpc) is 3.72. The van der Waals surface area contributed by atoms with Crippen molar-refractivity contribution in [1.29, 1.82) is 0 Å². The van der Waals surface area contributed by atoms with Gasteiger partial charge in [-0.1, -0.05) is 199 Å². The summed E-state index contributed by atoms with van der Waals surface area (Å²) < 4.78 is 15.5. The summed E-state index contributed by atoms with van der Waals surface area (Å²) in [6.45, 7) is 15.9. The van der Waals surface area contributed by atoms with Crippen molar-refractivity contribution in [3.63, 3.8) is 0 Å². The Morgan fingerprint density at radius 3 is 1.40 bits per heavy atom. The Balaban J connectivity index is 1.28. The third kappa shape index (κ3) is 6.86. The van der Waals surface area contributed by atoms with Crippen molar-refractivity contribution >= 4 is 49.1 Å². The zero-order valence-corrected chi connectivity index (χ0v) is 34.4. The number of thioether (sulfide) groups is 1. The maximum atomic E-state index is 7.92. The number of benzene rings is 5. The molecule has 268 valence electrons. The van der Waals surface area contributed by atoms with Gasteiger partial charge in [0.25, 0.3) is 16.6 Å². The van der Waals surface area contributed by atoms with Gasteiger partial charge < -0.3 is 8.85 Å². The van der Waals surface area contributed by atoms with Crippen molar-refractivity contribution in [2.24, 2.45) is 0 Å². The van der Waals surface area contributed by atoms with Crippen molar-refractivity contribution in [2.45, 2.75) is 81.1 Å². The molecule has 2 heterocycles. The van der Waals surface area contributed by atoms with Gasteiger partial charge in [0.2, 0.25) is 0 Å². The fourth-order valence-corrected chi connectivity index (χ4v) is 19.3. The molecule has 0 spiro atoms. The zero-order chi connectivity index (χ0) is 36.4. The van der Waals surface area contributed by atoms with E-state index in [-0.39, 0.29) is 28.3 Å². The van der Waals surface area contributed by atoms with Crippen molar-refractivity contribution in [3.05, 3.63) is 163 Å². The summed E-state index contributed by atoms with van der Waals surface area (Å²) >= 11 is 1.90. The lowest BCUT2D eigenvalue weighted by atomic mass is 10.2. The van der Waals surface area contributed by atoms with E-state index in [0.29, 0.717) is 6.61 Å². The molecule has 7 rings (SSSR count). The Morgan fingerprint density at radius 2 is 0.981 bits per heavy atom. The molecule has 3 nitrogen and oxygen atoms in total. The highest BCUT2D eigenvalue weighted by molar-refractivity contribution is 8.03. The molecule has 2 aliphatic rings. The van der Waals surface area contributed by atoms with Crippen LogP contribution in [0.3, 0.4) is 0 Å². The molecule has 0 N–H and O–H groups in total. The van der Waals surface area contributed by atoms with Crippen molar-refractivity contribution < 1.29 is 8.85 Å². The molecule has 2 aliphatic heterocycles. The largest absolute Gasteiger partial charge is 0.405 e. The molecule has 0 unspecified atom stereocenters. The molecule has 0 aliphatic carbocycles. The van der Waals surface area contributed by atoms with Gasteiger partial charge in [0, 0.05) is 16.3 Å². The van der Waals surface area contributed by atoms with Gasteiger partial charge in [-0.2, -0.15) is 0 Å². The SMILES string of the molecule is CC(C)(C)[Si](OC[C@H]1C=C(Sc2ccccc2)[C@@H]2[C@@H](O[Si](c3ccccc3)(c3ccccc3)C(C)(C)C)CCN12)(c1ccccc1)c1ccccc1. The first-order valence-corrected chi connectivity index (χ1v) is 23.4. The van der Waals surface area contributed by atoms with E-state index in [9.17, 15) is 0 Å². The predicted octanol–water partition coefficient (Wildman–Crippen LogP) is 8.64. The van der Waals surface area contributed by atoms with Gasteiger partial charge in [-0.3, -0.25) is 4.90 Å². The van der Waals surface area contributed by atoms with E-state index >= 15 is 0 Å². The van der Waals surface area contributed by atoms with Crippen LogP contribution in [0.2, 0.25) is 10.1 Å². The molecule has 1 saturated heterocycles. The van der Waals surface area contributed by atoms with Crippen LogP contribution in [0.1, 0.15) is 48.0 Å². The van der Waals surface area contributed by atoms with Crippen LogP contribution in [0.15, 0.2) is 168 Å². The van der Waals surface area contributed by atoms with Crippen LogP contribution in [-0.4, -0.2) is 52.9 Å². The van der Waals surface area contributed by atoms with Gasteiger partial charge in [-0.05, 0) is 49.4 Å². The minimum Gasteiger partial charge on any atom is -0.405 e. The first kappa shape index (κ1) is 36.8. The van der Waals surface area contributed by atoms with Crippen LogP contribution in [0, 0.1) is 0 Å². The number of rotatable bonds is 11. The first-order chi connectivity index (χ1) is 25.0. The minimum absolute atomic E-state index is 0.0478. The van der Waals surface area contributed by atoms with Crippen LogP contribution in [0.5, 0.6) is 0 Å². The van der Waals surface area contributed by atoms with Crippen LogP contribution in [0.4, 0.5) is 0 Å². The molecule has 0 bridgehead atoms. The van der Waals surface area contributed by atoms with Crippen LogP contribution in [-0.2, 0) is 8.85 Å². The fourth-order valence-electron chi connectivity index (χ4n) is 8.77. The monoisotopic (exact) mass is 739 g/mol. The molecular formula is C46H53NO2SSi2. The second-order valence-electron chi connectivity index (χ2n) is 16.3. The van der Waals surface area contributed by atoms with E-state index < -0.39 is 16.6 Å². The van der Waals surface area contributed by atoms with E-state index in [0.717, 1.165) is 13.0 Å². The first-order valence-electron chi connectivity index (χ1n) is 18.8. The van der Waals surface area contributed by atoms with Crippen LogP contribution < -0.4 is 20.7 Å². The number of fused-ring (bicyclic) bond motifs is 1. The van der Waals surface area contributed by atoms with Gasteiger partial charge >= 0.3 is 0 Å². The van der Waals surface area contributed by atoms with E-state index in [1.807, 2.05) is 11.8 Å². The van der Waals surface area contributed by atoms with E-state index in [2.05, 4.69) is 204 Å². The minimum atomic E-state index is -2.77. The summed E-state index contributed by atoms with van der Waals surface area (Å²) in [4.78, 5) is 5.34. The summed E-state index contributed by atoms with van der Waals surface area (Å²) in [6.07, 6.45) is 3.55. The molecular weight excluding hydrogens is 687 g/mol. The summed E-state index contributed by atoms with van der Waals surface area (Å²) in [5, 5.41) is 5.12. The van der Waals surface area contributed by atoms with Gasteiger partial charge in [0.15, 0.2) is 0 Å². The molecule has 0 aromatic heterocycles. The topological polar surface area (TPSA) is 21.7 Å². The van der Waals surface area contributed by atoms with E-state index in [1.54, 1.807) is 0 Å². The quantitative estimate of drug-likeness (QED) is 0.127. The Kier molecular flexibility index (Phi) is 10.7. The Bertz CT molecular complexity index is 1850. The van der Waals surface area contributed by atoms with Gasteiger partial charge in [0.1, 0.15) is 0 Å². The van der Waals surface area contributed by atoms with Gasteiger partial charge in [-0.25, -0.2) is 0 Å². The molecule has 5 aromatic carbocycles. The molecule has 5 aromatic rings. The summed E-state index contributed by atoms with van der Waals surface area (Å²) in [5.41, 5.74) is 0. The van der Waals surface area contributed by atoms with Crippen LogP contribution in [0.25, 0.3) is 0 Å². The smallest absolute Gasteiger partial charge is 0.261 e. The van der Waals surface area contributed by atoms with Crippen molar-refractivity contribution in [3.8, 4) is 0 Å². The van der Waals surface area contributed by atoms with E-state index in [1.165, 1.54) is 30.5 Å². The molecule has 0 amide bonds. The Labute approximate surface area is 318 Å². The standard InChI is InChI=1S/C46H53NO2SSi2/c1-45(2,3)51(38-24-14-8-15-25-38,39-26-16-9-17-27-39)48-35-36-34-43(50-37-22-12-7-13-23-37)44-42(32-33-47(36)44)49-52(46(4,5)6,40-28-18-10-19-29-40)41-30-20-11-21-31-41/h7-31,34,36,42,44H,32-33,35H2,1-6H3/t36-,42+,44+/m1/s1. The Hall–Kier alpha value is -3.50. The molecule has 1 fully saturated rings.